The Hall–Kier alpha value is -2.07. The molecule has 3 N–H and O–H groups in total. The van der Waals surface area contributed by atoms with E-state index in [-0.39, 0.29) is 18.2 Å². The van der Waals surface area contributed by atoms with Crippen LogP contribution in [-0.2, 0) is 11.3 Å². The standard InChI is InChI=1S/C17H22N2O2/c1-2-3-10-19(12-17(18)21)11-15-14-7-5-4-6-13(14)8-9-16(15)20/h4-9,20H,2-3,10-12H2,1H3,(H2,18,21). The third-order valence-electron chi connectivity index (χ3n) is 3.60. The van der Waals surface area contributed by atoms with E-state index in [0.29, 0.717) is 6.54 Å². The number of aromatic hydroxyl groups is 1. The summed E-state index contributed by atoms with van der Waals surface area (Å²) >= 11 is 0. The number of hydrogen-bond donors (Lipinski definition) is 2. The monoisotopic (exact) mass is 286 g/mol. The molecule has 0 aromatic heterocycles. The average molecular weight is 286 g/mol. The first kappa shape index (κ1) is 15.3. The Labute approximate surface area is 125 Å². The van der Waals surface area contributed by atoms with E-state index >= 15 is 0 Å². The second-order valence-electron chi connectivity index (χ2n) is 5.31. The van der Waals surface area contributed by atoms with Gasteiger partial charge in [-0.3, -0.25) is 9.69 Å². The molecule has 2 aromatic rings. The third kappa shape index (κ3) is 3.95. The smallest absolute Gasteiger partial charge is 0.231 e. The van der Waals surface area contributed by atoms with Crippen LogP contribution in [0.2, 0.25) is 0 Å². The number of fused-ring (bicyclic) bond motifs is 1. The van der Waals surface area contributed by atoms with E-state index in [4.69, 9.17) is 5.73 Å². The summed E-state index contributed by atoms with van der Waals surface area (Å²) in [5.41, 5.74) is 6.18. The molecule has 0 aliphatic heterocycles. The molecule has 0 bridgehead atoms. The average Bonchev–Trinajstić information content (AvgIpc) is 2.47. The van der Waals surface area contributed by atoms with Crippen molar-refractivity contribution in [2.45, 2.75) is 26.3 Å². The minimum atomic E-state index is -0.342. The number of unbranched alkanes of at least 4 members (excludes halogenated alkanes) is 1. The molecule has 2 aromatic carbocycles. The highest BCUT2D eigenvalue weighted by molar-refractivity contribution is 5.87. The van der Waals surface area contributed by atoms with E-state index < -0.39 is 0 Å². The molecule has 0 atom stereocenters. The van der Waals surface area contributed by atoms with E-state index in [1.165, 1.54) is 0 Å². The number of phenols is 1. The van der Waals surface area contributed by atoms with Gasteiger partial charge in [-0.05, 0) is 29.8 Å². The van der Waals surface area contributed by atoms with Crippen LogP contribution in [0.5, 0.6) is 5.75 Å². The number of rotatable bonds is 7. The zero-order chi connectivity index (χ0) is 15.2. The predicted molar refractivity (Wildman–Crippen MR) is 85.0 cm³/mol. The fourth-order valence-corrected chi connectivity index (χ4v) is 2.53. The van der Waals surface area contributed by atoms with Gasteiger partial charge in [0.15, 0.2) is 0 Å². The number of carbonyl (C=O) groups is 1. The minimum absolute atomic E-state index is 0.211. The number of nitrogens with two attached hydrogens (primary N) is 1. The number of nitrogens with zero attached hydrogens (tertiary/aromatic N) is 1. The Kier molecular flexibility index (Phi) is 5.17. The lowest BCUT2D eigenvalue weighted by atomic mass is 10.0. The van der Waals surface area contributed by atoms with Gasteiger partial charge in [-0.15, -0.1) is 0 Å². The summed E-state index contributed by atoms with van der Waals surface area (Å²) in [5.74, 6) is -0.0782. The summed E-state index contributed by atoms with van der Waals surface area (Å²) < 4.78 is 0. The molecule has 21 heavy (non-hydrogen) atoms. The molecule has 4 heteroatoms. The number of phenolic OH excluding ortho intramolecular Hbond substituents is 1. The van der Waals surface area contributed by atoms with Crippen molar-refractivity contribution in [1.29, 1.82) is 0 Å². The van der Waals surface area contributed by atoms with Crippen LogP contribution in [0, 0.1) is 0 Å². The molecular weight excluding hydrogens is 264 g/mol. The highest BCUT2D eigenvalue weighted by atomic mass is 16.3. The Morgan fingerprint density at radius 3 is 2.71 bits per heavy atom. The first-order chi connectivity index (χ1) is 10.1. The fraction of sp³-hybridized carbons (Fsp3) is 0.353. The van der Waals surface area contributed by atoms with Gasteiger partial charge in [0.1, 0.15) is 5.75 Å². The topological polar surface area (TPSA) is 66.6 Å². The molecule has 0 saturated carbocycles. The predicted octanol–water partition coefficient (Wildman–Crippen LogP) is 2.63. The quantitative estimate of drug-likeness (QED) is 0.822. The Balaban J connectivity index is 2.30. The number of amides is 1. The molecule has 1 amide bonds. The van der Waals surface area contributed by atoms with Crippen molar-refractivity contribution >= 4 is 16.7 Å². The van der Waals surface area contributed by atoms with Crippen LogP contribution >= 0.6 is 0 Å². The van der Waals surface area contributed by atoms with Gasteiger partial charge in [-0.2, -0.15) is 0 Å². The number of benzene rings is 2. The fourth-order valence-electron chi connectivity index (χ4n) is 2.53. The lowest BCUT2D eigenvalue weighted by Crippen LogP contribution is -2.34. The summed E-state index contributed by atoms with van der Waals surface area (Å²) in [6.07, 6.45) is 2.05. The third-order valence-corrected chi connectivity index (χ3v) is 3.60. The molecule has 0 heterocycles. The van der Waals surface area contributed by atoms with Crippen molar-refractivity contribution in [3.05, 3.63) is 42.0 Å². The van der Waals surface area contributed by atoms with Crippen LogP contribution in [0.4, 0.5) is 0 Å². The summed E-state index contributed by atoms with van der Waals surface area (Å²) in [4.78, 5) is 13.2. The molecule has 2 rings (SSSR count). The largest absolute Gasteiger partial charge is 0.508 e. The van der Waals surface area contributed by atoms with Crippen molar-refractivity contribution in [2.75, 3.05) is 13.1 Å². The van der Waals surface area contributed by atoms with Crippen molar-refractivity contribution < 1.29 is 9.90 Å². The maximum Gasteiger partial charge on any atom is 0.231 e. The van der Waals surface area contributed by atoms with Crippen molar-refractivity contribution in [2.24, 2.45) is 5.73 Å². The zero-order valence-electron chi connectivity index (χ0n) is 12.4. The zero-order valence-corrected chi connectivity index (χ0v) is 12.4. The summed E-state index contributed by atoms with van der Waals surface area (Å²) in [6.45, 7) is 3.64. The summed E-state index contributed by atoms with van der Waals surface area (Å²) in [7, 11) is 0. The van der Waals surface area contributed by atoms with E-state index in [9.17, 15) is 9.90 Å². The number of carbonyl (C=O) groups excluding carboxylic acids is 1. The maximum absolute atomic E-state index is 11.2. The minimum Gasteiger partial charge on any atom is -0.508 e. The van der Waals surface area contributed by atoms with E-state index in [0.717, 1.165) is 35.7 Å². The molecule has 0 aliphatic carbocycles. The Bertz CT molecular complexity index is 625. The molecule has 112 valence electrons. The lowest BCUT2D eigenvalue weighted by molar-refractivity contribution is -0.119. The van der Waals surface area contributed by atoms with E-state index in [1.807, 2.05) is 35.2 Å². The van der Waals surface area contributed by atoms with Crippen LogP contribution in [0.25, 0.3) is 10.8 Å². The van der Waals surface area contributed by atoms with Crippen molar-refractivity contribution in [1.82, 2.24) is 4.90 Å². The molecule has 0 saturated heterocycles. The lowest BCUT2D eigenvalue weighted by Gasteiger charge is -2.22. The molecule has 0 spiro atoms. The number of primary amides is 1. The van der Waals surface area contributed by atoms with Gasteiger partial charge < -0.3 is 10.8 Å². The first-order valence-corrected chi connectivity index (χ1v) is 7.32. The van der Waals surface area contributed by atoms with Crippen LogP contribution in [0.15, 0.2) is 36.4 Å². The second kappa shape index (κ2) is 7.09. The van der Waals surface area contributed by atoms with E-state index in [1.54, 1.807) is 6.07 Å². The van der Waals surface area contributed by atoms with Crippen LogP contribution in [0.3, 0.4) is 0 Å². The van der Waals surface area contributed by atoms with Gasteiger partial charge in [-0.1, -0.05) is 43.7 Å². The highest BCUT2D eigenvalue weighted by Crippen LogP contribution is 2.28. The Morgan fingerprint density at radius 2 is 2.00 bits per heavy atom. The number of hydrogen-bond acceptors (Lipinski definition) is 3. The maximum atomic E-state index is 11.2. The van der Waals surface area contributed by atoms with E-state index in [2.05, 4.69) is 6.92 Å². The molecule has 0 unspecified atom stereocenters. The molecular formula is C17H22N2O2. The molecule has 4 nitrogen and oxygen atoms in total. The van der Waals surface area contributed by atoms with Crippen LogP contribution < -0.4 is 5.73 Å². The van der Waals surface area contributed by atoms with Crippen molar-refractivity contribution in [3.63, 3.8) is 0 Å². The van der Waals surface area contributed by atoms with Gasteiger partial charge in [0.05, 0.1) is 6.54 Å². The molecule has 0 radical (unpaired) electrons. The highest BCUT2D eigenvalue weighted by Gasteiger charge is 2.13. The second-order valence-corrected chi connectivity index (χ2v) is 5.31. The summed E-state index contributed by atoms with van der Waals surface area (Å²) in [5, 5.41) is 12.3. The van der Waals surface area contributed by atoms with Gasteiger partial charge >= 0.3 is 0 Å². The molecule has 0 fully saturated rings. The van der Waals surface area contributed by atoms with Crippen molar-refractivity contribution in [3.8, 4) is 5.75 Å². The normalized spacial score (nSPS) is 11.1. The van der Waals surface area contributed by atoms with Gasteiger partial charge in [0, 0.05) is 12.1 Å². The SMILES string of the molecule is CCCCN(CC(N)=O)Cc1c(O)ccc2ccccc12. The van der Waals surface area contributed by atoms with Crippen LogP contribution in [-0.4, -0.2) is 29.0 Å². The summed E-state index contributed by atoms with van der Waals surface area (Å²) in [6, 6.07) is 11.5. The van der Waals surface area contributed by atoms with Gasteiger partial charge in [-0.25, -0.2) is 0 Å². The first-order valence-electron chi connectivity index (χ1n) is 7.32. The molecule has 0 aliphatic rings. The Morgan fingerprint density at radius 1 is 1.24 bits per heavy atom. The van der Waals surface area contributed by atoms with Gasteiger partial charge in [0.2, 0.25) is 5.91 Å². The van der Waals surface area contributed by atoms with Crippen LogP contribution in [0.1, 0.15) is 25.3 Å². The van der Waals surface area contributed by atoms with Gasteiger partial charge in [0.25, 0.3) is 0 Å².